The third kappa shape index (κ3) is 2.51. The highest BCUT2D eigenvalue weighted by atomic mass is 16.6. The van der Waals surface area contributed by atoms with E-state index in [9.17, 15) is 15.3 Å². The summed E-state index contributed by atoms with van der Waals surface area (Å²) in [5.74, 6) is 6.30. The molecule has 1 aliphatic rings. The third-order valence-electron chi connectivity index (χ3n) is 3.69. The summed E-state index contributed by atoms with van der Waals surface area (Å²) in [6, 6.07) is 0. The van der Waals surface area contributed by atoms with Crippen LogP contribution in [-0.2, 0) is 4.74 Å². The maximum atomic E-state index is 10.2. The van der Waals surface area contributed by atoms with Gasteiger partial charge in [0.15, 0.2) is 23.2 Å². The topological polar surface area (TPSA) is 126 Å². The Morgan fingerprint density at radius 2 is 2.13 bits per heavy atom. The normalized spacial score (nSPS) is 27.0. The van der Waals surface area contributed by atoms with Crippen molar-refractivity contribution in [3.05, 3.63) is 12.2 Å². The van der Waals surface area contributed by atoms with Gasteiger partial charge in [0.05, 0.1) is 12.9 Å². The molecule has 122 valence electrons. The van der Waals surface area contributed by atoms with E-state index in [1.165, 1.54) is 10.9 Å². The number of rotatable bonds is 3. The molecule has 3 heterocycles. The Morgan fingerprint density at radius 1 is 1.35 bits per heavy atom. The van der Waals surface area contributed by atoms with Gasteiger partial charge in [0, 0.05) is 7.05 Å². The number of nitrogens with one attached hydrogen (secondary N) is 1. The van der Waals surface area contributed by atoms with E-state index >= 15 is 0 Å². The third-order valence-corrected chi connectivity index (χ3v) is 3.69. The van der Waals surface area contributed by atoms with Crippen LogP contribution in [0.25, 0.3) is 11.2 Å². The minimum Gasteiger partial charge on any atom is -0.394 e. The highest BCUT2D eigenvalue weighted by Gasteiger charge is 2.44. The summed E-state index contributed by atoms with van der Waals surface area (Å²) in [5, 5.41) is 32.2. The van der Waals surface area contributed by atoms with Gasteiger partial charge in [-0.2, -0.15) is 0 Å². The molecule has 2 aromatic heterocycles. The predicted octanol–water partition coefficient (Wildman–Crippen LogP) is -1.15. The molecule has 1 fully saturated rings. The van der Waals surface area contributed by atoms with Crippen molar-refractivity contribution in [1.82, 2.24) is 19.5 Å². The lowest BCUT2D eigenvalue weighted by molar-refractivity contribution is -0.0511. The van der Waals surface area contributed by atoms with Crippen LogP contribution in [0.1, 0.15) is 19.0 Å². The van der Waals surface area contributed by atoms with Crippen LogP contribution in [0, 0.1) is 11.8 Å². The number of aromatic nitrogens is 4. The summed E-state index contributed by atoms with van der Waals surface area (Å²) in [4.78, 5) is 12.8. The molecule has 3 rings (SSSR count). The number of fused-ring (bicyclic) bond motifs is 1. The van der Waals surface area contributed by atoms with Gasteiger partial charge in [-0.3, -0.25) is 4.57 Å². The Hall–Kier alpha value is -2.25. The van der Waals surface area contributed by atoms with Crippen LogP contribution < -0.4 is 5.32 Å². The van der Waals surface area contributed by atoms with Crippen molar-refractivity contribution in [1.29, 1.82) is 0 Å². The highest BCUT2D eigenvalue weighted by Crippen LogP contribution is 2.32. The van der Waals surface area contributed by atoms with Crippen LogP contribution in [0.2, 0.25) is 0 Å². The van der Waals surface area contributed by atoms with E-state index in [2.05, 4.69) is 32.1 Å². The molecule has 0 aromatic carbocycles. The van der Waals surface area contributed by atoms with Gasteiger partial charge in [0.1, 0.15) is 18.3 Å². The maximum absolute atomic E-state index is 10.2. The first-order valence-corrected chi connectivity index (χ1v) is 7.08. The molecule has 2 aromatic rings. The summed E-state index contributed by atoms with van der Waals surface area (Å²) < 4.78 is 7.02. The van der Waals surface area contributed by atoms with Crippen LogP contribution >= 0.6 is 0 Å². The molecule has 1 saturated heterocycles. The molecule has 9 heteroatoms. The van der Waals surface area contributed by atoms with Gasteiger partial charge in [0.2, 0.25) is 5.82 Å². The predicted molar refractivity (Wildman–Crippen MR) is 80.4 cm³/mol. The van der Waals surface area contributed by atoms with Crippen molar-refractivity contribution >= 4 is 17.0 Å². The van der Waals surface area contributed by atoms with Gasteiger partial charge >= 0.3 is 0 Å². The second-order valence-electron chi connectivity index (χ2n) is 5.07. The van der Waals surface area contributed by atoms with Crippen molar-refractivity contribution < 1.29 is 20.1 Å². The molecule has 4 N–H and O–H groups in total. The fourth-order valence-corrected chi connectivity index (χ4v) is 2.55. The fraction of sp³-hybridized carbons (Fsp3) is 0.500. The lowest BCUT2D eigenvalue weighted by atomic mass is 10.1. The Morgan fingerprint density at radius 3 is 2.74 bits per heavy atom. The second kappa shape index (κ2) is 6.10. The van der Waals surface area contributed by atoms with Crippen molar-refractivity contribution in [2.75, 3.05) is 19.0 Å². The molecule has 23 heavy (non-hydrogen) atoms. The van der Waals surface area contributed by atoms with E-state index in [4.69, 9.17) is 4.74 Å². The number of aliphatic hydroxyl groups is 3. The van der Waals surface area contributed by atoms with Gasteiger partial charge in [-0.05, 0) is 12.8 Å². The summed E-state index contributed by atoms with van der Waals surface area (Å²) in [6.07, 6.45) is -2.73. The molecule has 0 saturated carbocycles. The van der Waals surface area contributed by atoms with E-state index in [0.717, 1.165) is 0 Å². The fourth-order valence-electron chi connectivity index (χ4n) is 2.55. The molecule has 0 spiro atoms. The summed E-state index contributed by atoms with van der Waals surface area (Å²) >= 11 is 0. The Balaban J connectivity index is 2.11. The number of ether oxygens (including phenoxy) is 1. The SMILES string of the molecule is CC#Cc1nc(NC)c2ncn([C@@H]3O[C@H](CO)C(O)[C@@H]3O)c2n1. The standard InChI is InChI=1S/C14H17N5O4/c1-3-4-8-17-12(15-2)9-13(18-8)19(6-16-9)14-11(22)10(21)7(5-20)23-14/h6-7,10-11,14,20-22H,5H2,1-2H3,(H,15,17,18)/t7-,10?,11+,14-/m1/s1. The van der Waals surface area contributed by atoms with E-state index < -0.39 is 31.1 Å². The van der Waals surface area contributed by atoms with Gasteiger partial charge in [-0.25, -0.2) is 15.0 Å². The minimum absolute atomic E-state index is 0.304. The van der Waals surface area contributed by atoms with E-state index in [-0.39, 0.29) is 0 Å². The lowest BCUT2D eigenvalue weighted by Crippen LogP contribution is -2.33. The van der Waals surface area contributed by atoms with Crippen LogP contribution in [-0.4, -0.2) is 66.8 Å². The molecular weight excluding hydrogens is 302 g/mol. The summed E-state index contributed by atoms with van der Waals surface area (Å²) in [5.41, 5.74) is 0.906. The first kappa shape index (κ1) is 15.6. The van der Waals surface area contributed by atoms with Crippen LogP contribution in [0.15, 0.2) is 6.33 Å². The molecule has 0 aliphatic carbocycles. The lowest BCUT2D eigenvalue weighted by Gasteiger charge is -2.16. The van der Waals surface area contributed by atoms with Crippen molar-refractivity contribution in [2.24, 2.45) is 0 Å². The van der Waals surface area contributed by atoms with Crippen molar-refractivity contribution in [3.63, 3.8) is 0 Å². The maximum Gasteiger partial charge on any atom is 0.208 e. The molecule has 0 amide bonds. The molecule has 9 nitrogen and oxygen atoms in total. The number of aliphatic hydroxyl groups excluding tert-OH is 3. The number of anilines is 1. The van der Waals surface area contributed by atoms with E-state index in [1.807, 2.05) is 0 Å². The van der Waals surface area contributed by atoms with Crippen LogP contribution in [0.5, 0.6) is 0 Å². The number of hydrogen-bond donors (Lipinski definition) is 4. The zero-order valence-corrected chi connectivity index (χ0v) is 12.6. The van der Waals surface area contributed by atoms with Crippen LogP contribution in [0.3, 0.4) is 0 Å². The quantitative estimate of drug-likeness (QED) is 0.523. The minimum atomic E-state index is -1.21. The number of hydrogen-bond acceptors (Lipinski definition) is 8. The molecule has 1 aliphatic heterocycles. The first-order chi connectivity index (χ1) is 11.1. The summed E-state index contributed by atoms with van der Waals surface area (Å²) in [6.45, 7) is 1.28. The van der Waals surface area contributed by atoms with E-state index in [0.29, 0.717) is 22.8 Å². The Kier molecular flexibility index (Phi) is 4.14. The monoisotopic (exact) mass is 319 g/mol. The van der Waals surface area contributed by atoms with E-state index in [1.54, 1.807) is 14.0 Å². The first-order valence-electron chi connectivity index (χ1n) is 7.08. The largest absolute Gasteiger partial charge is 0.394 e. The second-order valence-corrected chi connectivity index (χ2v) is 5.07. The molecule has 0 radical (unpaired) electrons. The zero-order valence-electron chi connectivity index (χ0n) is 12.6. The molecular formula is C14H17N5O4. The molecule has 1 unspecified atom stereocenters. The molecule has 4 atom stereocenters. The van der Waals surface area contributed by atoms with Gasteiger partial charge in [-0.1, -0.05) is 5.92 Å². The zero-order chi connectivity index (χ0) is 16.6. The number of nitrogens with zero attached hydrogens (tertiary/aromatic N) is 4. The van der Waals surface area contributed by atoms with Gasteiger partial charge in [-0.15, -0.1) is 0 Å². The highest BCUT2D eigenvalue weighted by molar-refractivity contribution is 5.83. The van der Waals surface area contributed by atoms with Crippen molar-refractivity contribution in [3.8, 4) is 11.8 Å². The summed E-state index contributed by atoms with van der Waals surface area (Å²) in [7, 11) is 1.70. The average Bonchev–Trinajstić information content (AvgIpc) is 3.09. The van der Waals surface area contributed by atoms with Gasteiger partial charge < -0.3 is 25.4 Å². The molecule has 0 bridgehead atoms. The average molecular weight is 319 g/mol. The Bertz CT molecular complexity index is 781. The van der Waals surface area contributed by atoms with Crippen LogP contribution in [0.4, 0.5) is 5.82 Å². The number of imidazole rings is 1. The Labute approximate surface area is 132 Å². The van der Waals surface area contributed by atoms with Gasteiger partial charge in [0.25, 0.3) is 0 Å². The van der Waals surface area contributed by atoms with Crippen molar-refractivity contribution in [2.45, 2.75) is 31.5 Å². The smallest absolute Gasteiger partial charge is 0.208 e.